The molecule has 19 heavy (non-hydrogen) atoms. The molecule has 2 aromatic rings. The quantitative estimate of drug-likeness (QED) is 0.757. The molecule has 1 fully saturated rings. The number of nitrogens with zero attached hydrogens (tertiary/aromatic N) is 3. The fourth-order valence-corrected chi connectivity index (χ4v) is 2.88. The summed E-state index contributed by atoms with van der Waals surface area (Å²) >= 11 is 5.83. The second-order valence-corrected chi connectivity index (χ2v) is 5.35. The standard InChI is InChI=1S/C12H12ClF2N3O/c1-17-9-6-16-10(13)4-8(9)18(11(17)19)7-2-3-12(14,15)5-7/h4,6-7H,2-3,5H2,1H3/t7-/m1/s1. The van der Waals surface area contributed by atoms with Crippen LogP contribution >= 0.6 is 11.6 Å². The first-order valence-electron chi connectivity index (χ1n) is 5.99. The predicted molar refractivity (Wildman–Crippen MR) is 67.8 cm³/mol. The zero-order valence-electron chi connectivity index (χ0n) is 10.2. The molecule has 102 valence electrons. The van der Waals surface area contributed by atoms with E-state index in [1.807, 2.05) is 0 Å². The average Bonchev–Trinajstić information content (AvgIpc) is 2.79. The smallest absolute Gasteiger partial charge is 0.293 e. The number of alkyl halides is 2. The summed E-state index contributed by atoms with van der Waals surface area (Å²) in [6.07, 6.45) is 1.31. The Morgan fingerprint density at radius 3 is 2.84 bits per heavy atom. The molecule has 1 aliphatic rings. The van der Waals surface area contributed by atoms with Gasteiger partial charge in [0.05, 0.1) is 17.2 Å². The van der Waals surface area contributed by atoms with E-state index in [-0.39, 0.29) is 23.7 Å². The van der Waals surface area contributed by atoms with Gasteiger partial charge in [-0.2, -0.15) is 0 Å². The lowest BCUT2D eigenvalue weighted by Gasteiger charge is -2.12. The van der Waals surface area contributed by atoms with E-state index in [0.29, 0.717) is 17.5 Å². The highest BCUT2D eigenvalue weighted by Crippen LogP contribution is 2.42. The summed E-state index contributed by atoms with van der Waals surface area (Å²) in [6.45, 7) is 0. The summed E-state index contributed by atoms with van der Waals surface area (Å²) < 4.78 is 29.5. The van der Waals surface area contributed by atoms with Gasteiger partial charge in [-0.3, -0.25) is 9.13 Å². The Hall–Kier alpha value is -1.43. The summed E-state index contributed by atoms with van der Waals surface area (Å²) in [5.41, 5.74) is 0.863. The highest BCUT2D eigenvalue weighted by Gasteiger charge is 2.41. The van der Waals surface area contributed by atoms with Crippen molar-refractivity contribution >= 4 is 22.6 Å². The van der Waals surface area contributed by atoms with Crippen LogP contribution in [0.3, 0.4) is 0 Å². The summed E-state index contributed by atoms with van der Waals surface area (Å²) in [6, 6.07) is 1.07. The molecule has 0 aromatic carbocycles. The molecule has 7 heteroatoms. The third-order valence-corrected chi connectivity index (χ3v) is 3.89. The normalized spacial score (nSPS) is 22.2. The Balaban J connectivity index is 2.21. The molecular weight excluding hydrogens is 276 g/mol. The van der Waals surface area contributed by atoms with Gasteiger partial charge in [-0.15, -0.1) is 0 Å². The van der Waals surface area contributed by atoms with E-state index in [9.17, 15) is 13.6 Å². The van der Waals surface area contributed by atoms with Gasteiger partial charge in [-0.1, -0.05) is 11.6 Å². The van der Waals surface area contributed by atoms with E-state index in [0.717, 1.165) is 0 Å². The molecule has 1 saturated carbocycles. The maximum absolute atomic E-state index is 13.3. The second kappa shape index (κ2) is 4.03. The zero-order valence-corrected chi connectivity index (χ0v) is 11.0. The molecule has 4 nitrogen and oxygen atoms in total. The van der Waals surface area contributed by atoms with Crippen LogP contribution in [0.15, 0.2) is 17.1 Å². The van der Waals surface area contributed by atoms with E-state index in [4.69, 9.17) is 11.6 Å². The van der Waals surface area contributed by atoms with Gasteiger partial charge in [0.15, 0.2) is 0 Å². The first-order valence-corrected chi connectivity index (χ1v) is 6.37. The van der Waals surface area contributed by atoms with Crippen LogP contribution in [0.4, 0.5) is 8.78 Å². The Labute approximate surface area is 112 Å². The molecule has 0 saturated heterocycles. The molecule has 0 unspecified atom stereocenters. The fraction of sp³-hybridized carbons (Fsp3) is 0.500. The van der Waals surface area contributed by atoms with Crippen LogP contribution in [0, 0.1) is 0 Å². The van der Waals surface area contributed by atoms with E-state index in [1.54, 1.807) is 13.1 Å². The highest BCUT2D eigenvalue weighted by atomic mass is 35.5. The Morgan fingerprint density at radius 2 is 2.21 bits per heavy atom. The third kappa shape index (κ3) is 1.94. The van der Waals surface area contributed by atoms with Gasteiger partial charge in [0.2, 0.25) is 5.92 Å². The fourth-order valence-electron chi connectivity index (χ4n) is 2.73. The maximum Gasteiger partial charge on any atom is 0.329 e. The van der Waals surface area contributed by atoms with Crippen molar-refractivity contribution in [1.82, 2.24) is 14.1 Å². The zero-order chi connectivity index (χ0) is 13.8. The molecule has 0 spiro atoms. The molecule has 0 aliphatic heterocycles. The van der Waals surface area contributed by atoms with Crippen LogP contribution < -0.4 is 5.69 Å². The SMILES string of the molecule is Cn1c(=O)n([C@@H]2CCC(F)(F)C2)c2cc(Cl)ncc21. The third-order valence-electron chi connectivity index (χ3n) is 3.69. The molecule has 2 aromatic heterocycles. The molecular formula is C12H12ClF2N3O. The van der Waals surface area contributed by atoms with Crippen molar-refractivity contribution in [3.05, 3.63) is 27.9 Å². The van der Waals surface area contributed by atoms with Crippen molar-refractivity contribution in [1.29, 1.82) is 0 Å². The largest absolute Gasteiger partial charge is 0.329 e. The summed E-state index contributed by atoms with van der Waals surface area (Å²) in [7, 11) is 1.60. The molecule has 0 N–H and O–H groups in total. The van der Waals surface area contributed by atoms with E-state index in [1.165, 1.54) is 15.3 Å². The molecule has 0 radical (unpaired) electrons. The Bertz CT molecular complexity index is 707. The molecule has 0 bridgehead atoms. The average molecular weight is 288 g/mol. The van der Waals surface area contributed by atoms with Crippen molar-refractivity contribution in [2.24, 2.45) is 7.05 Å². The van der Waals surface area contributed by atoms with Gasteiger partial charge in [-0.05, 0) is 6.42 Å². The molecule has 3 rings (SSSR count). The Kier molecular flexibility index (Phi) is 2.67. The van der Waals surface area contributed by atoms with Crippen LogP contribution in [0.25, 0.3) is 11.0 Å². The minimum absolute atomic E-state index is 0.181. The minimum atomic E-state index is -2.69. The lowest BCUT2D eigenvalue weighted by atomic mass is 10.2. The molecule has 0 amide bonds. The number of fused-ring (bicyclic) bond motifs is 1. The molecule has 2 heterocycles. The van der Waals surface area contributed by atoms with Crippen LogP contribution in [-0.4, -0.2) is 20.0 Å². The van der Waals surface area contributed by atoms with Crippen molar-refractivity contribution in [2.75, 3.05) is 0 Å². The lowest BCUT2D eigenvalue weighted by molar-refractivity contribution is 0.00566. The Morgan fingerprint density at radius 1 is 1.47 bits per heavy atom. The number of halogens is 3. The summed E-state index contributed by atoms with van der Waals surface area (Å²) in [5, 5.41) is 0.247. The van der Waals surface area contributed by atoms with E-state index in [2.05, 4.69) is 4.98 Å². The number of pyridine rings is 1. The minimum Gasteiger partial charge on any atom is -0.293 e. The van der Waals surface area contributed by atoms with Gasteiger partial charge < -0.3 is 0 Å². The highest BCUT2D eigenvalue weighted by molar-refractivity contribution is 6.29. The second-order valence-electron chi connectivity index (χ2n) is 4.96. The van der Waals surface area contributed by atoms with Gasteiger partial charge >= 0.3 is 5.69 Å². The van der Waals surface area contributed by atoms with Crippen LogP contribution in [-0.2, 0) is 7.05 Å². The van der Waals surface area contributed by atoms with Crippen LogP contribution in [0.2, 0.25) is 5.15 Å². The lowest BCUT2D eigenvalue weighted by Crippen LogP contribution is -2.25. The van der Waals surface area contributed by atoms with Crippen molar-refractivity contribution in [3.8, 4) is 0 Å². The maximum atomic E-state index is 13.3. The molecule has 1 atom stereocenters. The predicted octanol–water partition coefficient (Wildman–Crippen LogP) is 2.75. The number of hydrogen-bond donors (Lipinski definition) is 0. The number of aryl methyl sites for hydroxylation is 1. The van der Waals surface area contributed by atoms with E-state index >= 15 is 0 Å². The number of rotatable bonds is 1. The number of imidazole rings is 1. The van der Waals surface area contributed by atoms with Crippen LogP contribution in [0.5, 0.6) is 0 Å². The van der Waals surface area contributed by atoms with Crippen molar-refractivity contribution in [2.45, 2.75) is 31.2 Å². The monoisotopic (exact) mass is 287 g/mol. The summed E-state index contributed by atoms with van der Waals surface area (Å²) in [5.74, 6) is -2.69. The number of hydrogen-bond acceptors (Lipinski definition) is 2. The molecule has 1 aliphatic carbocycles. The first kappa shape index (κ1) is 12.6. The topological polar surface area (TPSA) is 39.8 Å². The van der Waals surface area contributed by atoms with Crippen molar-refractivity contribution in [3.63, 3.8) is 0 Å². The first-order chi connectivity index (χ1) is 8.89. The van der Waals surface area contributed by atoms with E-state index < -0.39 is 12.0 Å². The number of aromatic nitrogens is 3. The van der Waals surface area contributed by atoms with Gasteiger partial charge in [0, 0.05) is 32.0 Å². The van der Waals surface area contributed by atoms with Crippen LogP contribution in [0.1, 0.15) is 25.3 Å². The van der Waals surface area contributed by atoms with Gasteiger partial charge in [0.1, 0.15) is 5.15 Å². The van der Waals surface area contributed by atoms with Gasteiger partial charge in [-0.25, -0.2) is 18.6 Å². The summed E-state index contributed by atoms with van der Waals surface area (Å²) in [4.78, 5) is 16.1. The van der Waals surface area contributed by atoms with Crippen molar-refractivity contribution < 1.29 is 8.78 Å². The van der Waals surface area contributed by atoms with Gasteiger partial charge in [0.25, 0.3) is 0 Å².